The Morgan fingerprint density at radius 3 is 2.53 bits per heavy atom. The van der Waals surface area contributed by atoms with E-state index in [1.807, 2.05) is 0 Å². The monoisotopic (exact) mass is 256 g/mol. The Labute approximate surface area is 96.2 Å². The van der Waals surface area contributed by atoms with E-state index in [1.165, 1.54) is 13.0 Å². The SMILES string of the molecule is CC(=O)c1cc2c(S(=O)(=O)O)ccc(O)c2o1. The molecule has 17 heavy (non-hydrogen) atoms. The Hall–Kier alpha value is -1.86. The minimum absolute atomic E-state index is 0.0299. The highest BCUT2D eigenvalue weighted by Gasteiger charge is 2.20. The lowest BCUT2D eigenvalue weighted by Crippen LogP contribution is -1.98. The third-order valence-electron chi connectivity index (χ3n) is 2.25. The highest BCUT2D eigenvalue weighted by molar-refractivity contribution is 7.86. The van der Waals surface area contributed by atoms with Gasteiger partial charge in [-0.1, -0.05) is 0 Å². The number of furan rings is 1. The molecule has 0 spiro atoms. The van der Waals surface area contributed by atoms with Crippen molar-refractivity contribution in [3.8, 4) is 5.75 Å². The smallest absolute Gasteiger partial charge is 0.295 e. The molecule has 0 saturated carbocycles. The standard InChI is InChI=1S/C10H8O6S/c1-5(11)8-4-6-9(17(13,14)15)3-2-7(12)10(6)16-8/h2-4,12H,1H3,(H,13,14,15). The molecule has 0 fully saturated rings. The van der Waals surface area contributed by atoms with Crippen LogP contribution in [0.4, 0.5) is 0 Å². The number of aromatic hydroxyl groups is 1. The van der Waals surface area contributed by atoms with E-state index in [-0.39, 0.29) is 22.5 Å². The fourth-order valence-electron chi connectivity index (χ4n) is 1.48. The van der Waals surface area contributed by atoms with E-state index < -0.39 is 20.8 Å². The van der Waals surface area contributed by atoms with E-state index in [9.17, 15) is 18.3 Å². The molecule has 0 bridgehead atoms. The van der Waals surface area contributed by atoms with Crippen molar-refractivity contribution in [3.63, 3.8) is 0 Å². The van der Waals surface area contributed by atoms with Gasteiger partial charge in [0.15, 0.2) is 22.9 Å². The number of carbonyl (C=O) groups excluding carboxylic acids is 1. The number of phenols is 1. The summed E-state index contributed by atoms with van der Waals surface area (Å²) in [5.74, 6) is -0.812. The van der Waals surface area contributed by atoms with E-state index in [0.29, 0.717) is 0 Å². The first-order valence-corrected chi connectivity index (χ1v) is 5.98. The Bertz CT molecular complexity index is 710. The van der Waals surface area contributed by atoms with Gasteiger partial charge in [0.25, 0.3) is 10.1 Å². The minimum Gasteiger partial charge on any atom is -0.504 e. The molecule has 90 valence electrons. The predicted octanol–water partition coefficient (Wildman–Crippen LogP) is 1.59. The summed E-state index contributed by atoms with van der Waals surface area (Å²) < 4.78 is 36.2. The van der Waals surface area contributed by atoms with Crippen LogP contribution < -0.4 is 0 Å². The molecule has 2 aromatic rings. The lowest BCUT2D eigenvalue weighted by Gasteiger charge is -1.99. The number of benzene rings is 1. The van der Waals surface area contributed by atoms with E-state index >= 15 is 0 Å². The summed E-state index contributed by atoms with van der Waals surface area (Å²) in [6, 6.07) is 3.27. The maximum Gasteiger partial charge on any atom is 0.295 e. The molecule has 2 N–H and O–H groups in total. The number of hydrogen-bond acceptors (Lipinski definition) is 5. The molecule has 6 nitrogen and oxygen atoms in total. The van der Waals surface area contributed by atoms with Gasteiger partial charge in [-0.2, -0.15) is 8.42 Å². The Morgan fingerprint density at radius 1 is 1.35 bits per heavy atom. The zero-order valence-electron chi connectivity index (χ0n) is 8.67. The molecule has 0 aliphatic heterocycles. The molecule has 7 heteroatoms. The van der Waals surface area contributed by atoms with Gasteiger partial charge in [0.05, 0.1) is 0 Å². The van der Waals surface area contributed by atoms with E-state index in [0.717, 1.165) is 12.1 Å². The normalized spacial score (nSPS) is 11.9. The van der Waals surface area contributed by atoms with Gasteiger partial charge in [0.1, 0.15) is 4.90 Å². The molecule has 0 unspecified atom stereocenters. The summed E-state index contributed by atoms with van der Waals surface area (Å²) in [7, 11) is -4.44. The molecular weight excluding hydrogens is 248 g/mol. The third-order valence-corrected chi connectivity index (χ3v) is 3.16. The van der Waals surface area contributed by atoms with Crippen LogP contribution in [0.15, 0.2) is 27.5 Å². The van der Waals surface area contributed by atoms with Gasteiger partial charge in [0.2, 0.25) is 0 Å². The van der Waals surface area contributed by atoms with Crippen LogP contribution in [0.25, 0.3) is 11.0 Å². The van der Waals surface area contributed by atoms with Crippen molar-refractivity contribution in [2.45, 2.75) is 11.8 Å². The average molecular weight is 256 g/mol. The van der Waals surface area contributed by atoms with Crippen molar-refractivity contribution in [2.75, 3.05) is 0 Å². The Balaban J connectivity index is 2.90. The minimum atomic E-state index is -4.44. The van der Waals surface area contributed by atoms with Crippen LogP contribution in [0.1, 0.15) is 17.5 Å². The largest absolute Gasteiger partial charge is 0.504 e. The summed E-state index contributed by atoms with van der Waals surface area (Å²) >= 11 is 0. The van der Waals surface area contributed by atoms with Crippen LogP contribution in [0.2, 0.25) is 0 Å². The number of phenolic OH excluding ortho intramolecular Hbond substituents is 1. The van der Waals surface area contributed by atoms with Gasteiger partial charge in [-0.25, -0.2) is 0 Å². The van der Waals surface area contributed by atoms with Gasteiger partial charge in [-0.3, -0.25) is 9.35 Å². The van der Waals surface area contributed by atoms with Gasteiger partial charge < -0.3 is 9.52 Å². The van der Waals surface area contributed by atoms with Gasteiger partial charge in [-0.05, 0) is 18.2 Å². The van der Waals surface area contributed by atoms with Crippen LogP contribution in [-0.4, -0.2) is 23.9 Å². The number of Topliss-reactive ketones (excluding diaryl/α,β-unsaturated/α-hetero) is 1. The average Bonchev–Trinajstić information content (AvgIpc) is 2.61. The van der Waals surface area contributed by atoms with Crippen molar-refractivity contribution in [1.82, 2.24) is 0 Å². The molecule has 0 radical (unpaired) electrons. The molecule has 0 amide bonds. The van der Waals surface area contributed by atoms with Gasteiger partial charge in [-0.15, -0.1) is 0 Å². The lowest BCUT2D eigenvalue weighted by atomic mass is 10.2. The number of carbonyl (C=O) groups is 1. The van der Waals surface area contributed by atoms with E-state index in [2.05, 4.69) is 0 Å². The molecular formula is C10H8O6S. The quantitative estimate of drug-likeness (QED) is 0.624. The summed E-state index contributed by atoms with van der Waals surface area (Å²) in [5.41, 5.74) is -0.148. The maximum absolute atomic E-state index is 11.1. The fourth-order valence-corrected chi connectivity index (χ4v) is 2.15. The summed E-state index contributed by atoms with van der Waals surface area (Å²) in [6.45, 7) is 1.24. The second-order valence-electron chi connectivity index (χ2n) is 3.47. The first-order valence-electron chi connectivity index (χ1n) is 4.54. The van der Waals surface area contributed by atoms with Gasteiger partial charge in [0, 0.05) is 12.3 Å². The number of hydrogen-bond donors (Lipinski definition) is 2. The van der Waals surface area contributed by atoms with Crippen molar-refractivity contribution in [2.24, 2.45) is 0 Å². The van der Waals surface area contributed by atoms with Crippen LogP contribution in [-0.2, 0) is 10.1 Å². The van der Waals surface area contributed by atoms with Crippen molar-refractivity contribution in [3.05, 3.63) is 24.0 Å². The molecule has 0 saturated heterocycles. The second-order valence-corrected chi connectivity index (χ2v) is 4.86. The van der Waals surface area contributed by atoms with Gasteiger partial charge >= 0.3 is 0 Å². The maximum atomic E-state index is 11.1. The number of ketones is 1. The highest BCUT2D eigenvalue weighted by Crippen LogP contribution is 2.33. The summed E-state index contributed by atoms with van der Waals surface area (Å²) in [6.07, 6.45) is 0. The van der Waals surface area contributed by atoms with Crippen molar-refractivity contribution in [1.29, 1.82) is 0 Å². The molecule has 1 aromatic heterocycles. The summed E-state index contributed by atoms with van der Waals surface area (Å²) in [5, 5.41) is 9.45. The zero-order valence-corrected chi connectivity index (χ0v) is 9.48. The molecule has 0 atom stereocenters. The highest BCUT2D eigenvalue weighted by atomic mass is 32.2. The molecule has 1 heterocycles. The Kier molecular flexibility index (Phi) is 2.44. The first-order chi connectivity index (χ1) is 7.80. The van der Waals surface area contributed by atoms with E-state index in [1.54, 1.807) is 0 Å². The first kappa shape index (κ1) is 11.6. The number of rotatable bonds is 2. The van der Waals surface area contributed by atoms with Crippen molar-refractivity contribution >= 4 is 26.9 Å². The van der Waals surface area contributed by atoms with Crippen LogP contribution >= 0.6 is 0 Å². The van der Waals surface area contributed by atoms with Crippen LogP contribution in [0.3, 0.4) is 0 Å². The van der Waals surface area contributed by atoms with Crippen LogP contribution in [0, 0.1) is 0 Å². The molecule has 0 aliphatic carbocycles. The lowest BCUT2D eigenvalue weighted by molar-refractivity contribution is 0.0989. The van der Waals surface area contributed by atoms with Crippen LogP contribution in [0.5, 0.6) is 5.75 Å². The Morgan fingerprint density at radius 2 is 2.00 bits per heavy atom. The zero-order chi connectivity index (χ0) is 12.8. The molecule has 0 aliphatic rings. The van der Waals surface area contributed by atoms with Crippen molar-refractivity contribution < 1.29 is 27.3 Å². The second kappa shape index (κ2) is 3.57. The summed E-state index contributed by atoms with van der Waals surface area (Å²) in [4.78, 5) is 10.7. The predicted molar refractivity (Wildman–Crippen MR) is 57.7 cm³/mol. The third kappa shape index (κ3) is 1.90. The topological polar surface area (TPSA) is 105 Å². The van der Waals surface area contributed by atoms with E-state index in [4.69, 9.17) is 8.97 Å². The molecule has 1 aromatic carbocycles. The fraction of sp³-hybridized carbons (Fsp3) is 0.100. The molecule has 2 rings (SSSR count). The number of fused-ring (bicyclic) bond motifs is 1.